The van der Waals surface area contributed by atoms with Gasteiger partial charge in [0.15, 0.2) is 0 Å². The van der Waals surface area contributed by atoms with Crippen molar-refractivity contribution in [1.29, 1.82) is 0 Å². The number of aliphatic carboxylic acids is 3. The number of hydrogen-bond donors (Lipinski definition) is 5. The number of nitrogens with one attached hydrogen (secondary N) is 2. The summed E-state index contributed by atoms with van der Waals surface area (Å²) in [5, 5.41) is 34.4. The lowest BCUT2D eigenvalue weighted by Crippen LogP contribution is -2.52. The Kier molecular flexibility index (Phi) is 14.0. The maximum atomic E-state index is 13.0. The van der Waals surface area contributed by atoms with Crippen molar-refractivity contribution >= 4 is 23.8 Å². The van der Waals surface area contributed by atoms with E-state index in [0.717, 1.165) is 12.0 Å². The fourth-order valence-electron chi connectivity index (χ4n) is 4.69. The van der Waals surface area contributed by atoms with Crippen LogP contribution >= 0.6 is 0 Å². The molecule has 2 rings (SSSR count). The van der Waals surface area contributed by atoms with Gasteiger partial charge in [-0.05, 0) is 30.4 Å². The summed E-state index contributed by atoms with van der Waals surface area (Å²) in [6.45, 7) is 9.29. The molecule has 0 aliphatic carbocycles. The minimum Gasteiger partial charge on any atom is -0.480 e. The van der Waals surface area contributed by atoms with Gasteiger partial charge in [0.25, 0.3) is 0 Å². The minimum absolute atomic E-state index is 0.0643. The van der Waals surface area contributed by atoms with Crippen LogP contribution in [-0.4, -0.2) is 132 Å². The summed E-state index contributed by atoms with van der Waals surface area (Å²) in [5.41, 5.74) is 2.00. The molecule has 5 N–H and O–H groups in total. The van der Waals surface area contributed by atoms with Crippen molar-refractivity contribution < 1.29 is 34.5 Å². The lowest BCUT2D eigenvalue weighted by atomic mass is 9.96. The molecule has 0 saturated carbocycles. The number of carboxylic acids is 3. The van der Waals surface area contributed by atoms with Crippen LogP contribution in [0.25, 0.3) is 0 Å². The Morgan fingerprint density at radius 2 is 1.30 bits per heavy atom. The van der Waals surface area contributed by atoms with Crippen LogP contribution in [0, 0.1) is 5.92 Å². The summed E-state index contributed by atoms with van der Waals surface area (Å²) in [5.74, 6) is -3.45. The van der Waals surface area contributed by atoms with Crippen LogP contribution in [0.1, 0.15) is 37.8 Å². The average molecular weight is 564 g/mol. The molecular formula is C28H45N5O7. The van der Waals surface area contributed by atoms with Gasteiger partial charge < -0.3 is 26.0 Å². The van der Waals surface area contributed by atoms with Gasteiger partial charge >= 0.3 is 17.9 Å². The molecule has 40 heavy (non-hydrogen) atoms. The number of rotatable bonds is 12. The topological polar surface area (TPSA) is 163 Å². The van der Waals surface area contributed by atoms with Crippen LogP contribution in [0.2, 0.25) is 0 Å². The predicted molar refractivity (Wildman–Crippen MR) is 150 cm³/mol. The molecule has 1 aliphatic rings. The van der Waals surface area contributed by atoms with Gasteiger partial charge in [0, 0.05) is 58.9 Å². The molecule has 1 aromatic rings. The van der Waals surface area contributed by atoms with Gasteiger partial charge in [-0.1, -0.05) is 38.1 Å². The molecule has 0 spiro atoms. The molecule has 1 saturated heterocycles. The fourth-order valence-corrected chi connectivity index (χ4v) is 4.69. The molecule has 0 aromatic heterocycles. The van der Waals surface area contributed by atoms with Crippen LogP contribution in [0.15, 0.2) is 24.3 Å². The smallest absolute Gasteiger partial charge is 0.327 e. The predicted octanol–water partition coefficient (Wildman–Crippen LogP) is 0.236. The van der Waals surface area contributed by atoms with Gasteiger partial charge in [0.1, 0.15) is 6.04 Å². The van der Waals surface area contributed by atoms with Crippen LogP contribution in [0.4, 0.5) is 0 Å². The van der Waals surface area contributed by atoms with Gasteiger partial charge in [-0.2, -0.15) is 0 Å². The molecule has 1 heterocycles. The zero-order valence-electron chi connectivity index (χ0n) is 23.8. The van der Waals surface area contributed by atoms with Gasteiger partial charge in [-0.25, -0.2) is 4.79 Å². The van der Waals surface area contributed by atoms with Crippen LogP contribution in [0.3, 0.4) is 0 Å². The summed E-state index contributed by atoms with van der Waals surface area (Å²) in [6.07, 6.45) is 0.942. The molecule has 0 bridgehead atoms. The standard InChI is InChI=1S/C28H45N5O7/c1-20(2)16-22-4-6-23(7-5-22)21(3)27(38)30-24(28(39)40)17-31-10-8-29-9-11-32(18-25(34)35)13-15-33(14-12-31)19-26(36)37/h4-7,20-21,24,29H,8-19H2,1-3H3,(H,30,38)(H,34,35)(H,36,37)(H,39,40)/t21?,24-/m0/s1. The Hall–Kier alpha value is -3.06. The normalized spacial score (nSPS) is 18.3. The van der Waals surface area contributed by atoms with Gasteiger partial charge in [-0.15, -0.1) is 0 Å². The molecule has 0 radical (unpaired) electrons. The molecule has 1 amide bonds. The molecule has 1 aliphatic heterocycles. The number of nitrogens with zero attached hydrogens (tertiary/aromatic N) is 3. The highest BCUT2D eigenvalue weighted by molar-refractivity contribution is 5.88. The van der Waals surface area contributed by atoms with E-state index in [4.69, 9.17) is 0 Å². The summed E-state index contributed by atoms with van der Waals surface area (Å²) in [6, 6.07) is 6.69. The molecular weight excluding hydrogens is 518 g/mol. The second-order valence-electron chi connectivity index (χ2n) is 10.9. The second kappa shape index (κ2) is 16.9. The van der Waals surface area contributed by atoms with E-state index in [0.29, 0.717) is 58.3 Å². The van der Waals surface area contributed by atoms with E-state index >= 15 is 0 Å². The molecule has 12 nitrogen and oxygen atoms in total. The van der Waals surface area contributed by atoms with Gasteiger partial charge in [-0.3, -0.25) is 29.1 Å². The quantitative estimate of drug-likeness (QED) is 0.237. The first-order valence-electron chi connectivity index (χ1n) is 13.9. The Labute approximate surface area is 236 Å². The van der Waals surface area contributed by atoms with Crippen molar-refractivity contribution in [3.05, 3.63) is 35.4 Å². The number of hydrogen-bond acceptors (Lipinski definition) is 8. The first-order chi connectivity index (χ1) is 18.9. The lowest BCUT2D eigenvalue weighted by molar-refractivity contribution is -0.142. The fraction of sp³-hybridized carbons (Fsp3) is 0.643. The van der Waals surface area contributed by atoms with Crippen molar-refractivity contribution in [1.82, 2.24) is 25.3 Å². The summed E-state index contributed by atoms with van der Waals surface area (Å²) >= 11 is 0. The van der Waals surface area contributed by atoms with Gasteiger partial charge in [0.2, 0.25) is 5.91 Å². The number of carboxylic acid groups (broad SMARTS) is 3. The van der Waals surface area contributed by atoms with Crippen molar-refractivity contribution in [3.8, 4) is 0 Å². The summed E-state index contributed by atoms with van der Waals surface area (Å²) < 4.78 is 0. The Morgan fingerprint density at radius 3 is 1.80 bits per heavy atom. The monoisotopic (exact) mass is 563 g/mol. The van der Waals surface area contributed by atoms with Gasteiger partial charge in [0.05, 0.1) is 19.0 Å². The van der Waals surface area contributed by atoms with Crippen LogP contribution < -0.4 is 10.6 Å². The van der Waals surface area contributed by atoms with E-state index in [1.165, 1.54) is 5.56 Å². The van der Waals surface area contributed by atoms with Crippen molar-refractivity contribution in [2.75, 3.05) is 72.0 Å². The highest BCUT2D eigenvalue weighted by Crippen LogP contribution is 2.18. The maximum Gasteiger partial charge on any atom is 0.327 e. The number of benzene rings is 1. The summed E-state index contributed by atoms with van der Waals surface area (Å²) in [4.78, 5) is 53.2. The van der Waals surface area contributed by atoms with E-state index in [-0.39, 0.29) is 25.5 Å². The first kappa shape index (κ1) is 33.1. The zero-order chi connectivity index (χ0) is 29.7. The largest absolute Gasteiger partial charge is 0.480 e. The molecule has 224 valence electrons. The molecule has 1 fully saturated rings. The van der Waals surface area contributed by atoms with E-state index < -0.39 is 29.9 Å². The SMILES string of the molecule is CC(C)Cc1ccc(C(C)C(=O)N[C@@H](CN2CCNCCN(CC(=O)O)CCN(CC(=O)O)CC2)C(=O)O)cc1. The molecule has 1 unspecified atom stereocenters. The minimum atomic E-state index is -1.14. The average Bonchev–Trinajstić information content (AvgIpc) is 2.86. The third-order valence-electron chi connectivity index (χ3n) is 6.96. The van der Waals surface area contributed by atoms with Crippen molar-refractivity contribution in [3.63, 3.8) is 0 Å². The summed E-state index contributed by atoms with van der Waals surface area (Å²) in [7, 11) is 0. The van der Waals surface area contributed by atoms with Crippen LogP contribution in [-0.2, 0) is 25.6 Å². The molecule has 12 heteroatoms. The molecule has 1 aromatic carbocycles. The number of carbonyl (C=O) groups excluding carboxylic acids is 1. The van der Waals surface area contributed by atoms with E-state index in [1.54, 1.807) is 16.7 Å². The Balaban J connectivity index is 2.05. The van der Waals surface area contributed by atoms with E-state index in [9.17, 15) is 34.5 Å². The van der Waals surface area contributed by atoms with Crippen LogP contribution in [0.5, 0.6) is 0 Å². The second-order valence-corrected chi connectivity index (χ2v) is 10.9. The Bertz CT molecular complexity index is 972. The highest BCUT2D eigenvalue weighted by Gasteiger charge is 2.27. The number of amides is 1. The van der Waals surface area contributed by atoms with Crippen molar-refractivity contribution in [2.45, 2.75) is 39.2 Å². The third-order valence-corrected chi connectivity index (χ3v) is 6.96. The van der Waals surface area contributed by atoms with E-state index in [2.05, 4.69) is 24.5 Å². The van der Waals surface area contributed by atoms with Crippen molar-refractivity contribution in [2.24, 2.45) is 5.92 Å². The Morgan fingerprint density at radius 1 is 0.800 bits per heavy atom. The third kappa shape index (κ3) is 12.4. The zero-order valence-corrected chi connectivity index (χ0v) is 23.8. The maximum absolute atomic E-state index is 13.0. The van der Waals surface area contributed by atoms with E-state index in [1.807, 2.05) is 29.2 Å². The highest BCUT2D eigenvalue weighted by atomic mass is 16.4. The number of carbonyl (C=O) groups is 4. The molecule has 2 atom stereocenters. The lowest BCUT2D eigenvalue weighted by Gasteiger charge is -2.31. The first-order valence-corrected chi connectivity index (χ1v) is 13.9.